The van der Waals surface area contributed by atoms with Crippen LogP contribution in [-0.4, -0.2) is 27.3 Å². The highest BCUT2D eigenvalue weighted by Gasteiger charge is 2.26. The number of nitrogens with one attached hydrogen (secondary N) is 1. The van der Waals surface area contributed by atoms with Crippen LogP contribution >= 0.6 is 0 Å². The van der Waals surface area contributed by atoms with Crippen LogP contribution in [0.3, 0.4) is 0 Å². The molecule has 1 amide bonds. The van der Waals surface area contributed by atoms with E-state index in [1.165, 1.54) is 12.8 Å². The largest absolute Gasteiger partial charge is 0.492 e. The second-order valence-corrected chi connectivity index (χ2v) is 6.53. The van der Waals surface area contributed by atoms with Crippen LogP contribution in [-0.2, 0) is 30.7 Å². The van der Waals surface area contributed by atoms with Gasteiger partial charge in [-0.25, -0.2) is 0 Å². The van der Waals surface area contributed by atoms with Gasteiger partial charge in [-0.3, -0.25) is 4.79 Å². The number of aromatic nitrogens is 3. The first kappa shape index (κ1) is 15.2. The van der Waals surface area contributed by atoms with E-state index in [1.54, 1.807) is 0 Å². The third-order valence-electron chi connectivity index (χ3n) is 4.86. The molecule has 0 saturated heterocycles. The number of fused-ring (bicyclic) bond motifs is 2. The molecule has 1 atom stereocenters. The summed E-state index contributed by atoms with van der Waals surface area (Å²) in [6.45, 7) is 1.82. The van der Waals surface area contributed by atoms with Gasteiger partial charge in [0, 0.05) is 13.0 Å². The highest BCUT2D eigenvalue weighted by atomic mass is 16.5. The van der Waals surface area contributed by atoms with Crippen molar-refractivity contribution < 1.29 is 9.53 Å². The van der Waals surface area contributed by atoms with Crippen molar-refractivity contribution in [3.63, 3.8) is 0 Å². The van der Waals surface area contributed by atoms with Gasteiger partial charge in [0.2, 0.25) is 5.91 Å². The smallest absolute Gasteiger partial charge is 0.227 e. The van der Waals surface area contributed by atoms with E-state index in [4.69, 9.17) is 4.74 Å². The quantitative estimate of drug-likeness (QED) is 0.935. The topological polar surface area (TPSA) is 69.0 Å². The summed E-state index contributed by atoms with van der Waals surface area (Å²) in [6, 6.07) is 7.91. The van der Waals surface area contributed by atoms with Crippen molar-refractivity contribution in [1.29, 1.82) is 0 Å². The molecular formula is C18H22N4O2. The molecule has 3 heterocycles. The Balaban J connectivity index is 1.38. The van der Waals surface area contributed by atoms with Gasteiger partial charge in [0.25, 0.3) is 0 Å². The van der Waals surface area contributed by atoms with Crippen LogP contribution in [0.25, 0.3) is 0 Å². The minimum atomic E-state index is -0.147. The number of amides is 1. The normalized spacial score (nSPS) is 19.6. The molecule has 2 aromatic rings. The van der Waals surface area contributed by atoms with Gasteiger partial charge in [0.15, 0.2) is 5.82 Å². The molecule has 0 aliphatic carbocycles. The molecular weight excluding hydrogens is 304 g/mol. The molecule has 0 spiro atoms. The Morgan fingerprint density at radius 1 is 1.25 bits per heavy atom. The van der Waals surface area contributed by atoms with Crippen molar-refractivity contribution in [1.82, 2.24) is 20.1 Å². The summed E-state index contributed by atoms with van der Waals surface area (Å²) in [7, 11) is 0. The summed E-state index contributed by atoms with van der Waals surface area (Å²) in [4.78, 5) is 12.5. The van der Waals surface area contributed by atoms with Crippen molar-refractivity contribution in [2.75, 3.05) is 6.61 Å². The highest BCUT2D eigenvalue weighted by Crippen LogP contribution is 2.26. The molecule has 126 valence electrons. The predicted octanol–water partition coefficient (Wildman–Crippen LogP) is 1.87. The predicted molar refractivity (Wildman–Crippen MR) is 88.6 cm³/mol. The number of carbonyl (C=O) groups excluding carboxylic acids is 1. The second-order valence-electron chi connectivity index (χ2n) is 6.53. The van der Waals surface area contributed by atoms with Gasteiger partial charge in [-0.15, -0.1) is 10.2 Å². The van der Waals surface area contributed by atoms with Crippen LogP contribution in [0, 0.1) is 5.92 Å². The summed E-state index contributed by atoms with van der Waals surface area (Å²) < 4.78 is 7.87. The van der Waals surface area contributed by atoms with Crippen molar-refractivity contribution in [2.45, 2.75) is 45.2 Å². The van der Waals surface area contributed by atoms with Crippen LogP contribution in [0.15, 0.2) is 24.3 Å². The van der Waals surface area contributed by atoms with E-state index in [1.807, 2.05) is 24.3 Å². The van der Waals surface area contributed by atoms with Crippen LogP contribution in [0.1, 0.15) is 36.5 Å². The van der Waals surface area contributed by atoms with Crippen molar-refractivity contribution in [3.8, 4) is 5.75 Å². The number of hydrogen-bond donors (Lipinski definition) is 1. The zero-order valence-electron chi connectivity index (χ0n) is 13.7. The third kappa shape index (κ3) is 3.00. The van der Waals surface area contributed by atoms with E-state index in [9.17, 15) is 4.79 Å². The summed E-state index contributed by atoms with van der Waals surface area (Å²) >= 11 is 0. The Kier molecular flexibility index (Phi) is 4.19. The summed E-state index contributed by atoms with van der Waals surface area (Å²) in [6.07, 6.45) is 5.25. The molecule has 4 rings (SSSR count). The first-order chi connectivity index (χ1) is 11.8. The number of ether oxygens (including phenoxy) is 1. The molecule has 2 aliphatic rings. The standard InChI is InChI=1S/C18H22N4O2/c23-18(14-10-13-6-3-4-7-15(13)24-12-14)19-11-17-21-20-16-8-2-1-5-9-22(16)17/h3-4,6-7,14H,1-2,5,8-12H2,(H,19,23)/t14-/m1/s1. The van der Waals surface area contributed by atoms with Gasteiger partial charge in [0.05, 0.1) is 12.5 Å². The van der Waals surface area contributed by atoms with Crippen LogP contribution in [0.2, 0.25) is 0 Å². The zero-order valence-corrected chi connectivity index (χ0v) is 13.7. The molecule has 0 bridgehead atoms. The molecule has 1 aromatic carbocycles. The molecule has 1 aromatic heterocycles. The molecule has 2 aliphatic heterocycles. The van der Waals surface area contributed by atoms with Crippen LogP contribution in [0.4, 0.5) is 0 Å². The van der Waals surface area contributed by atoms with Gasteiger partial charge in [-0.05, 0) is 30.9 Å². The maximum absolute atomic E-state index is 12.5. The maximum atomic E-state index is 12.5. The fraction of sp³-hybridized carbons (Fsp3) is 0.500. The van der Waals surface area contributed by atoms with E-state index in [-0.39, 0.29) is 11.8 Å². The molecule has 0 saturated carbocycles. The monoisotopic (exact) mass is 326 g/mol. The average Bonchev–Trinajstić information content (AvgIpc) is 2.85. The zero-order chi connectivity index (χ0) is 16.4. The van der Waals surface area contributed by atoms with Gasteiger partial charge < -0.3 is 14.6 Å². The fourth-order valence-corrected chi connectivity index (χ4v) is 3.48. The van der Waals surface area contributed by atoms with Crippen molar-refractivity contribution in [3.05, 3.63) is 41.5 Å². The number of aryl methyl sites for hydroxylation is 1. The minimum absolute atomic E-state index is 0.0236. The van der Waals surface area contributed by atoms with Gasteiger partial charge in [0.1, 0.15) is 18.2 Å². The lowest BCUT2D eigenvalue weighted by Gasteiger charge is -2.24. The number of nitrogens with zero attached hydrogens (tertiary/aromatic N) is 3. The third-order valence-corrected chi connectivity index (χ3v) is 4.86. The van der Waals surface area contributed by atoms with Gasteiger partial charge in [-0.2, -0.15) is 0 Å². The molecule has 24 heavy (non-hydrogen) atoms. The number of carbonyl (C=O) groups is 1. The molecule has 0 unspecified atom stereocenters. The van der Waals surface area contributed by atoms with E-state index in [0.29, 0.717) is 13.2 Å². The molecule has 1 N–H and O–H groups in total. The minimum Gasteiger partial charge on any atom is -0.492 e. The molecule has 0 radical (unpaired) electrons. The van der Waals surface area contributed by atoms with Gasteiger partial charge >= 0.3 is 0 Å². The lowest BCUT2D eigenvalue weighted by molar-refractivity contribution is -0.126. The first-order valence-corrected chi connectivity index (χ1v) is 8.70. The highest BCUT2D eigenvalue weighted by molar-refractivity contribution is 5.79. The molecule has 6 heteroatoms. The van der Waals surface area contributed by atoms with Crippen LogP contribution in [0.5, 0.6) is 5.75 Å². The number of hydrogen-bond acceptors (Lipinski definition) is 4. The van der Waals surface area contributed by atoms with Crippen molar-refractivity contribution >= 4 is 5.91 Å². The lowest BCUT2D eigenvalue weighted by atomic mass is 9.96. The van der Waals surface area contributed by atoms with E-state index < -0.39 is 0 Å². The number of benzene rings is 1. The van der Waals surface area contributed by atoms with Crippen molar-refractivity contribution in [2.24, 2.45) is 5.92 Å². The number of para-hydroxylation sites is 1. The summed E-state index contributed by atoms with van der Waals surface area (Å²) in [5.74, 6) is 2.68. The SMILES string of the molecule is O=C(NCc1nnc2n1CCCCC2)[C@H]1COc2ccccc2C1. The average molecular weight is 326 g/mol. The second kappa shape index (κ2) is 6.63. The van der Waals surface area contributed by atoms with E-state index in [0.717, 1.165) is 48.8 Å². The van der Waals surface area contributed by atoms with Gasteiger partial charge in [-0.1, -0.05) is 24.6 Å². The maximum Gasteiger partial charge on any atom is 0.227 e. The van der Waals surface area contributed by atoms with E-state index in [2.05, 4.69) is 20.1 Å². The summed E-state index contributed by atoms with van der Waals surface area (Å²) in [5.41, 5.74) is 1.10. The first-order valence-electron chi connectivity index (χ1n) is 8.70. The van der Waals surface area contributed by atoms with Crippen LogP contribution < -0.4 is 10.1 Å². The Morgan fingerprint density at radius 2 is 2.17 bits per heavy atom. The number of rotatable bonds is 3. The Labute approximate surface area is 141 Å². The Bertz CT molecular complexity index is 740. The van der Waals surface area contributed by atoms with E-state index >= 15 is 0 Å². The summed E-state index contributed by atoms with van der Waals surface area (Å²) in [5, 5.41) is 11.5. The Morgan fingerprint density at radius 3 is 3.12 bits per heavy atom. The fourth-order valence-electron chi connectivity index (χ4n) is 3.48. The molecule has 0 fully saturated rings. The lowest BCUT2D eigenvalue weighted by Crippen LogP contribution is -2.37. The molecule has 6 nitrogen and oxygen atoms in total. The Hall–Kier alpha value is -2.37.